The average Bonchev–Trinajstić information content (AvgIpc) is 2.91. The summed E-state index contributed by atoms with van der Waals surface area (Å²) in [7, 11) is 0. The van der Waals surface area contributed by atoms with Crippen molar-refractivity contribution in [2.45, 2.75) is 57.6 Å². The van der Waals surface area contributed by atoms with Gasteiger partial charge in [-0.05, 0) is 35.8 Å². The van der Waals surface area contributed by atoms with Crippen LogP contribution in [-0.2, 0) is 0 Å². The maximum Gasteiger partial charge on any atom is 0.0760 e. The highest BCUT2D eigenvalue weighted by molar-refractivity contribution is 5.85. The summed E-state index contributed by atoms with van der Waals surface area (Å²) in [5, 5.41) is 10.3. The largest absolute Gasteiger partial charge is 0.391 e. The third-order valence-electron chi connectivity index (χ3n) is 4.24. The van der Waals surface area contributed by atoms with E-state index >= 15 is 0 Å². The Kier molecular flexibility index (Phi) is 6.31. The fraction of sp³-hybridized carbons (Fsp3) is 0.625. The smallest absolute Gasteiger partial charge is 0.0760 e. The molecule has 0 heterocycles. The first kappa shape index (κ1) is 16.5. The van der Waals surface area contributed by atoms with Gasteiger partial charge in [0.05, 0.1) is 12.1 Å². The van der Waals surface area contributed by atoms with Crippen LogP contribution in [0.4, 0.5) is 0 Å². The van der Waals surface area contributed by atoms with E-state index in [-0.39, 0.29) is 18.4 Å². The van der Waals surface area contributed by atoms with Gasteiger partial charge in [-0.1, -0.05) is 51.0 Å². The van der Waals surface area contributed by atoms with Gasteiger partial charge in [-0.25, -0.2) is 0 Å². The van der Waals surface area contributed by atoms with Crippen molar-refractivity contribution in [2.75, 3.05) is 0 Å². The number of aliphatic hydroxyl groups excluding tert-OH is 1. The van der Waals surface area contributed by atoms with Crippen molar-refractivity contribution < 1.29 is 5.11 Å². The van der Waals surface area contributed by atoms with Crippen molar-refractivity contribution in [2.24, 2.45) is 11.7 Å². The lowest BCUT2D eigenvalue weighted by molar-refractivity contribution is 0.0845. The van der Waals surface area contributed by atoms with E-state index in [1.54, 1.807) is 0 Å². The standard InChI is InChI=1S/C16H25NO.ClH/c1-11(2)12-7-9-13(10-8-12)15(17)16(18)14-5-3-4-6-14;/h7-11,14-16,18H,3-6,17H2,1-2H3;1H/t15-,16+;/m1./s1. The Bertz CT molecular complexity index is 371. The number of halogens is 1. The summed E-state index contributed by atoms with van der Waals surface area (Å²) in [5.74, 6) is 0.930. The van der Waals surface area contributed by atoms with E-state index in [1.165, 1.54) is 18.4 Å². The molecule has 0 amide bonds. The SMILES string of the molecule is CC(C)c1ccc([C@@H](N)[C@@H](O)C2CCCC2)cc1.Cl. The number of hydrogen-bond donors (Lipinski definition) is 2. The molecular weight excluding hydrogens is 258 g/mol. The highest BCUT2D eigenvalue weighted by Crippen LogP contribution is 2.32. The average molecular weight is 284 g/mol. The lowest BCUT2D eigenvalue weighted by Gasteiger charge is -2.24. The minimum absolute atomic E-state index is 0. The Morgan fingerprint density at radius 1 is 1.05 bits per heavy atom. The van der Waals surface area contributed by atoms with Crippen LogP contribution in [-0.4, -0.2) is 11.2 Å². The second-order valence-electron chi connectivity index (χ2n) is 5.88. The number of benzene rings is 1. The van der Waals surface area contributed by atoms with E-state index in [0.717, 1.165) is 18.4 Å². The molecule has 3 heteroatoms. The zero-order chi connectivity index (χ0) is 13.1. The van der Waals surface area contributed by atoms with Gasteiger partial charge in [-0.3, -0.25) is 0 Å². The summed E-state index contributed by atoms with van der Waals surface area (Å²) in [6.45, 7) is 4.37. The lowest BCUT2D eigenvalue weighted by Crippen LogP contribution is -2.31. The van der Waals surface area contributed by atoms with Gasteiger partial charge in [-0.15, -0.1) is 12.4 Å². The lowest BCUT2D eigenvalue weighted by atomic mass is 9.90. The van der Waals surface area contributed by atoms with Gasteiger partial charge in [0, 0.05) is 0 Å². The van der Waals surface area contributed by atoms with Crippen molar-refractivity contribution in [3.63, 3.8) is 0 Å². The molecule has 1 aromatic rings. The maximum absolute atomic E-state index is 10.3. The Balaban J connectivity index is 0.00000180. The van der Waals surface area contributed by atoms with Crippen LogP contribution in [0.5, 0.6) is 0 Å². The first-order chi connectivity index (χ1) is 8.59. The number of hydrogen-bond acceptors (Lipinski definition) is 2. The number of rotatable bonds is 4. The Morgan fingerprint density at radius 3 is 2.00 bits per heavy atom. The summed E-state index contributed by atoms with van der Waals surface area (Å²) in [6, 6.07) is 8.15. The molecule has 0 radical (unpaired) electrons. The molecular formula is C16H26ClNO. The molecule has 108 valence electrons. The predicted molar refractivity (Wildman–Crippen MR) is 82.7 cm³/mol. The van der Waals surface area contributed by atoms with Crippen LogP contribution in [0.3, 0.4) is 0 Å². The minimum Gasteiger partial charge on any atom is -0.391 e. The van der Waals surface area contributed by atoms with E-state index in [2.05, 4.69) is 38.1 Å². The summed E-state index contributed by atoms with van der Waals surface area (Å²) in [5.41, 5.74) is 8.57. The van der Waals surface area contributed by atoms with Gasteiger partial charge in [-0.2, -0.15) is 0 Å². The molecule has 1 aliphatic rings. The van der Waals surface area contributed by atoms with E-state index in [0.29, 0.717) is 11.8 Å². The van der Waals surface area contributed by atoms with Crippen LogP contribution < -0.4 is 5.73 Å². The fourth-order valence-electron chi connectivity index (χ4n) is 2.89. The molecule has 3 N–H and O–H groups in total. The molecule has 1 saturated carbocycles. The first-order valence-corrected chi connectivity index (χ1v) is 7.13. The fourth-order valence-corrected chi connectivity index (χ4v) is 2.89. The van der Waals surface area contributed by atoms with Crippen LogP contribution in [0.2, 0.25) is 0 Å². The quantitative estimate of drug-likeness (QED) is 0.883. The summed E-state index contributed by atoms with van der Waals surface area (Å²) < 4.78 is 0. The number of nitrogens with two attached hydrogens (primary N) is 1. The number of aliphatic hydroxyl groups is 1. The second kappa shape index (κ2) is 7.28. The van der Waals surface area contributed by atoms with Crippen molar-refractivity contribution in [1.29, 1.82) is 0 Å². The molecule has 0 bridgehead atoms. The zero-order valence-electron chi connectivity index (χ0n) is 11.9. The first-order valence-electron chi connectivity index (χ1n) is 7.13. The van der Waals surface area contributed by atoms with Crippen LogP contribution in [0.15, 0.2) is 24.3 Å². The third kappa shape index (κ3) is 3.95. The van der Waals surface area contributed by atoms with E-state index in [4.69, 9.17) is 5.73 Å². The molecule has 0 aromatic heterocycles. The molecule has 0 unspecified atom stereocenters. The monoisotopic (exact) mass is 283 g/mol. The second-order valence-corrected chi connectivity index (χ2v) is 5.88. The molecule has 0 aliphatic heterocycles. The molecule has 1 fully saturated rings. The van der Waals surface area contributed by atoms with Crippen LogP contribution in [0.1, 0.15) is 62.6 Å². The highest BCUT2D eigenvalue weighted by atomic mass is 35.5. The normalized spacial score (nSPS) is 19.2. The van der Waals surface area contributed by atoms with Crippen LogP contribution >= 0.6 is 12.4 Å². The molecule has 1 aromatic carbocycles. The molecule has 19 heavy (non-hydrogen) atoms. The van der Waals surface area contributed by atoms with E-state index in [1.807, 2.05) is 0 Å². The summed E-state index contributed by atoms with van der Waals surface area (Å²) in [6.07, 6.45) is 4.33. The third-order valence-corrected chi connectivity index (χ3v) is 4.24. The summed E-state index contributed by atoms with van der Waals surface area (Å²) >= 11 is 0. The van der Waals surface area contributed by atoms with Crippen molar-refractivity contribution in [1.82, 2.24) is 0 Å². The van der Waals surface area contributed by atoms with Gasteiger partial charge >= 0.3 is 0 Å². The zero-order valence-corrected chi connectivity index (χ0v) is 12.7. The molecule has 2 atom stereocenters. The van der Waals surface area contributed by atoms with Gasteiger partial charge < -0.3 is 10.8 Å². The molecule has 2 nitrogen and oxygen atoms in total. The minimum atomic E-state index is -0.391. The van der Waals surface area contributed by atoms with Crippen molar-refractivity contribution >= 4 is 12.4 Å². The van der Waals surface area contributed by atoms with Crippen molar-refractivity contribution in [3.05, 3.63) is 35.4 Å². The van der Waals surface area contributed by atoms with Gasteiger partial charge in [0.25, 0.3) is 0 Å². The van der Waals surface area contributed by atoms with Gasteiger partial charge in [0.2, 0.25) is 0 Å². The maximum atomic E-state index is 10.3. The van der Waals surface area contributed by atoms with Crippen molar-refractivity contribution in [3.8, 4) is 0 Å². The Labute approximate surface area is 122 Å². The molecule has 1 aliphatic carbocycles. The Morgan fingerprint density at radius 2 is 1.53 bits per heavy atom. The highest BCUT2D eigenvalue weighted by Gasteiger charge is 2.28. The van der Waals surface area contributed by atoms with E-state index in [9.17, 15) is 5.11 Å². The molecule has 0 spiro atoms. The predicted octanol–water partition coefficient (Wildman–Crippen LogP) is 3.78. The van der Waals surface area contributed by atoms with E-state index < -0.39 is 6.10 Å². The van der Waals surface area contributed by atoms with Crippen LogP contribution in [0, 0.1) is 5.92 Å². The van der Waals surface area contributed by atoms with Gasteiger partial charge in [0.1, 0.15) is 0 Å². The molecule has 0 saturated heterocycles. The Hall–Kier alpha value is -0.570. The molecule has 2 rings (SSSR count). The topological polar surface area (TPSA) is 46.2 Å². The van der Waals surface area contributed by atoms with Gasteiger partial charge in [0.15, 0.2) is 0 Å². The van der Waals surface area contributed by atoms with Crippen LogP contribution in [0.25, 0.3) is 0 Å². The summed E-state index contributed by atoms with van der Waals surface area (Å²) in [4.78, 5) is 0.